The second kappa shape index (κ2) is 7.97. The lowest BCUT2D eigenvalue weighted by atomic mass is 10.2. The van der Waals surface area contributed by atoms with Crippen molar-refractivity contribution in [3.8, 4) is 0 Å². The second-order valence-corrected chi connectivity index (χ2v) is 6.96. The molecule has 2 N–H and O–H groups in total. The number of benzene rings is 1. The summed E-state index contributed by atoms with van der Waals surface area (Å²) in [6.07, 6.45) is 1.65. The molecule has 0 aliphatic rings. The second-order valence-electron chi connectivity index (χ2n) is 6.07. The molecule has 2 heterocycles. The van der Waals surface area contributed by atoms with Crippen LogP contribution in [0.25, 0.3) is 0 Å². The molecule has 0 radical (unpaired) electrons. The number of amides is 2. The minimum Gasteiger partial charge on any atom is -0.459 e. The molecule has 3 aromatic rings. The summed E-state index contributed by atoms with van der Waals surface area (Å²) < 4.78 is 5.06. The molecule has 0 saturated heterocycles. The molecule has 7 heteroatoms. The summed E-state index contributed by atoms with van der Waals surface area (Å²) in [4.78, 5) is 28.7. The smallest absolute Gasteiger partial charge is 0.291 e. The number of furan rings is 1. The van der Waals surface area contributed by atoms with E-state index in [1.807, 2.05) is 5.38 Å². The number of rotatable bonds is 6. The fourth-order valence-electron chi connectivity index (χ4n) is 2.31. The van der Waals surface area contributed by atoms with Gasteiger partial charge in [0.25, 0.3) is 5.91 Å². The topological polar surface area (TPSA) is 84.2 Å². The van der Waals surface area contributed by atoms with Gasteiger partial charge in [-0.1, -0.05) is 19.9 Å². The minimum atomic E-state index is -0.345. The maximum absolute atomic E-state index is 12.2. The van der Waals surface area contributed by atoms with Crippen molar-refractivity contribution in [3.05, 3.63) is 64.5 Å². The van der Waals surface area contributed by atoms with Gasteiger partial charge in [-0.05, 0) is 30.3 Å². The zero-order chi connectivity index (χ0) is 18.5. The maximum atomic E-state index is 12.2. The first-order valence-electron chi connectivity index (χ1n) is 8.20. The zero-order valence-electron chi connectivity index (χ0n) is 14.5. The Bertz CT molecular complexity index is 900. The highest BCUT2D eigenvalue weighted by atomic mass is 32.1. The van der Waals surface area contributed by atoms with E-state index in [1.54, 1.807) is 47.7 Å². The van der Waals surface area contributed by atoms with E-state index < -0.39 is 0 Å². The van der Waals surface area contributed by atoms with Gasteiger partial charge >= 0.3 is 0 Å². The quantitative estimate of drug-likeness (QED) is 0.679. The van der Waals surface area contributed by atoms with Gasteiger partial charge < -0.3 is 15.1 Å². The molecular formula is C19H19N3O3S. The van der Waals surface area contributed by atoms with Crippen LogP contribution in [-0.2, 0) is 11.2 Å². The number of aromatic nitrogens is 1. The van der Waals surface area contributed by atoms with Crippen molar-refractivity contribution in [2.45, 2.75) is 26.2 Å². The number of anilines is 2. The number of nitrogens with one attached hydrogen (secondary N) is 2. The summed E-state index contributed by atoms with van der Waals surface area (Å²) in [6, 6.07) is 10.2. The molecule has 3 rings (SSSR count). The SMILES string of the molecule is CC(C)c1nc(CC(=O)Nc2cccc(NC(=O)c3ccco3)c2)cs1. The van der Waals surface area contributed by atoms with E-state index in [9.17, 15) is 9.59 Å². The van der Waals surface area contributed by atoms with Gasteiger partial charge in [-0.15, -0.1) is 11.3 Å². The molecule has 0 unspecified atom stereocenters. The van der Waals surface area contributed by atoms with Crippen molar-refractivity contribution in [3.63, 3.8) is 0 Å². The summed E-state index contributed by atoms with van der Waals surface area (Å²) in [7, 11) is 0. The molecule has 6 nitrogen and oxygen atoms in total. The van der Waals surface area contributed by atoms with E-state index >= 15 is 0 Å². The molecule has 1 aromatic carbocycles. The lowest BCUT2D eigenvalue weighted by molar-refractivity contribution is -0.115. The fraction of sp³-hybridized carbons (Fsp3) is 0.211. The highest BCUT2D eigenvalue weighted by Crippen LogP contribution is 2.20. The molecule has 0 saturated carbocycles. The first-order valence-corrected chi connectivity index (χ1v) is 9.08. The Morgan fingerprint density at radius 3 is 2.58 bits per heavy atom. The van der Waals surface area contributed by atoms with Gasteiger partial charge in [0.15, 0.2) is 5.76 Å². The Labute approximate surface area is 155 Å². The van der Waals surface area contributed by atoms with E-state index in [0.717, 1.165) is 10.7 Å². The van der Waals surface area contributed by atoms with Gasteiger partial charge in [0, 0.05) is 22.7 Å². The largest absolute Gasteiger partial charge is 0.459 e. The summed E-state index contributed by atoms with van der Waals surface area (Å²) in [5.41, 5.74) is 1.94. The molecule has 0 bridgehead atoms. The van der Waals surface area contributed by atoms with Gasteiger partial charge in [0.05, 0.1) is 23.4 Å². The minimum absolute atomic E-state index is 0.153. The van der Waals surface area contributed by atoms with Gasteiger partial charge in [-0.3, -0.25) is 9.59 Å². The Morgan fingerprint density at radius 2 is 1.92 bits per heavy atom. The third-order valence-electron chi connectivity index (χ3n) is 3.55. The predicted octanol–water partition coefficient (Wildman–Crippen LogP) is 4.29. The van der Waals surface area contributed by atoms with E-state index in [-0.39, 0.29) is 24.0 Å². The molecule has 2 aromatic heterocycles. The molecule has 0 spiro atoms. The predicted molar refractivity (Wildman–Crippen MR) is 102 cm³/mol. The van der Waals surface area contributed by atoms with E-state index in [1.165, 1.54) is 6.26 Å². The normalized spacial score (nSPS) is 10.7. The molecule has 0 aliphatic heterocycles. The number of thiazole rings is 1. The summed E-state index contributed by atoms with van der Waals surface area (Å²) in [5, 5.41) is 8.49. The van der Waals surface area contributed by atoms with Crippen molar-refractivity contribution < 1.29 is 14.0 Å². The summed E-state index contributed by atoms with van der Waals surface area (Å²) >= 11 is 1.57. The summed E-state index contributed by atoms with van der Waals surface area (Å²) in [5.74, 6) is 0.0810. The van der Waals surface area contributed by atoms with Crippen molar-refractivity contribution in [2.24, 2.45) is 0 Å². The van der Waals surface area contributed by atoms with Crippen molar-refractivity contribution >= 4 is 34.5 Å². The van der Waals surface area contributed by atoms with Crippen molar-refractivity contribution in [1.82, 2.24) is 4.98 Å². The molecule has 0 atom stereocenters. The van der Waals surface area contributed by atoms with Crippen LogP contribution in [0.3, 0.4) is 0 Å². The average Bonchev–Trinajstić information content (AvgIpc) is 3.26. The highest BCUT2D eigenvalue weighted by Gasteiger charge is 2.12. The van der Waals surface area contributed by atoms with Crippen LogP contribution in [0.2, 0.25) is 0 Å². The van der Waals surface area contributed by atoms with Crippen LogP contribution in [0.4, 0.5) is 11.4 Å². The van der Waals surface area contributed by atoms with Gasteiger partial charge in [0.1, 0.15) is 0 Å². The monoisotopic (exact) mass is 369 g/mol. The highest BCUT2D eigenvalue weighted by molar-refractivity contribution is 7.09. The van der Waals surface area contributed by atoms with Crippen molar-refractivity contribution in [2.75, 3.05) is 10.6 Å². The molecular weight excluding hydrogens is 350 g/mol. The Kier molecular flexibility index (Phi) is 5.48. The molecule has 0 fully saturated rings. The van der Waals surface area contributed by atoms with E-state index in [2.05, 4.69) is 29.5 Å². The zero-order valence-corrected chi connectivity index (χ0v) is 15.3. The third kappa shape index (κ3) is 4.58. The number of carbonyl (C=O) groups excluding carboxylic acids is 2. The van der Waals surface area contributed by atoms with E-state index in [0.29, 0.717) is 17.3 Å². The molecule has 134 valence electrons. The number of carbonyl (C=O) groups is 2. The Hall–Kier alpha value is -2.93. The lowest BCUT2D eigenvalue weighted by Gasteiger charge is -2.08. The van der Waals surface area contributed by atoms with Gasteiger partial charge in [-0.2, -0.15) is 0 Å². The number of nitrogens with zero attached hydrogens (tertiary/aromatic N) is 1. The first-order chi connectivity index (χ1) is 12.5. The maximum Gasteiger partial charge on any atom is 0.291 e. The average molecular weight is 369 g/mol. The lowest BCUT2D eigenvalue weighted by Crippen LogP contribution is -2.15. The van der Waals surface area contributed by atoms with Gasteiger partial charge in [-0.25, -0.2) is 4.98 Å². The van der Waals surface area contributed by atoms with Crippen LogP contribution in [-0.4, -0.2) is 16.8 Å². The molecule has 0 aliphatic carbocycles. The Balaban J connectivity index is 1.60. The molecule has 2 amide bonds. The van der Waals surface area contributed by atoms with Crippen LogP contribution in [0, 0.1) is 0 Å². The van der Waals surface area contributed by atoms with Crippen LogP contribution < -0.4 is 10.6 Å². The van der Waals surface area contributed by atoms with E-state index in [4.69, 9.17) is 4.42 Å². The van der Waals surface area contributed by atoms with Gasteiger partial charge in [0.2, 0.25) is 5.91 Å². The third-order valence-corrected chi connectivity index (χ3v) is 4.75. The fourth-order valence-corrected chi connectivity index (χ4v) is 3.15. The van der Waals surface area contributed by atoms with Crippen LogP contribution >= 0.6 is 11.3 Å². The standard InChI is InChI=1S/C19H19N3O3S/c1-12(2)19-22-15(11-26-19)10-17(23)20-13-5-3-6-14(9-13)21-18(24)16-7-4-8-25-16/h3-9,11-12H,10H2,1-2H3,(H,20,23)(H,21,24). The van der Waals surface area contributed by atoms with Crippen LogP contribution in [0.5, 0.6) is 0 Å². The summed E-state index contributed by atoms with van der Waals surface area (Å²) in [6.45, 7) is 4.15. The van der Waals surface area contributed by atoms with Crippen LogP contribution in [0.15, 0.2) is 52.5 Å². The van der Waals surface area contributed by atoms with Crippen LogP contribution in [0.1, 0.15) is 41.0 Å². The number of hydrogen-bond acceptors (Lipinski definition) is 5. The Morgan fingerprint density at radius 1 is 1.15 bits per heavy atom. The number of hydrogen-bond donors (Lipinski definition) is 2. The molecule has 26 heavy (non-hydrogen) atoms. The van der Waals surface area contributed by atoms with Crippen molar-refractivity contribution in [1.29, 1.82) is 0 Å². The first kappa shape index (κ1) is 17.9.